The fourth-order valence-electron chi connectivity index (χ4n) is 3.80. The summed E-state index contributed by atoms with van der Waals surface area (Å²) in [5, 5.41) is 3.10. The van der Waals surface area contributed by atoms with E-state index in [0.29, 0.717) is 12.5 Å². The van der Waals surface area contributed by atoms with Gasteiger partial charge in [0.1, 0.15) is 0 Å². The molecule has 0 saturated heterocycles. The second kappa shape index (κ2) is 6.05. The van der Waals surface area contributed by atoms with Gasteiger partial charge in [-0.1, -0.05) is 32.6 Å². The number of rotatable bonds is 6. The summed E-state index contributed by atoms with van der Waals surface area (Å²) in [6.07, 6.45) is 9.97. The Morgan fingerprint density at radius 2 is 2.00 bits per heavy atom. The van der Waals surface area contributed by atoms with Gasteiger partial charge in [-0.25, -0.2) is 0 Å². The summed E-state index contributed by atoms with van der Waals surface area (Å²) in [5.41, 5.74) is 5.55. The third-order valence-electron chi connectivity index (χ3n) is 4.90. The Labute approximate surface area is 111 Å². The molecule has 2 aliphatic carbocycles. The van der Waals surface area contributed by atoms with Crippen LogP contribution in [-0.4, -0.2) is 19.0 Å². The number of nitrogens with one attached hydrogen (secondary N) is 1. The third kappa shape index (κ3) is 3.05. The van der Waals surface area contributed by atoms with Gasteiger partial charge in [0.05, 0.1) is 5.41 Å². The maximum Gasteiger partial charge on any atom is 0.227 e. The quantitative estimate of drug-likeness (QED) is 0.713. The van der Waals surface area contributed by atoms with Crippen molar-refractivity contribution >= 4 is 5.91 Å². The molecule has 104 valence electrons. The van der Waals surface area contributed by atoms with Crippen LogP contribution in [0.2, 0.25) is 0 Å². The Morgan fingerprint density at radius 3 is 2.56 bits per heavy atom. The highest BCUT2D eigenvalue weighted by molar-refractivity contribution is 5.83. The van der Waals surface area contributed by atoms with Crippen LogP contribution in [0, 0.1) is 17.3 Å². The minimum atomic E-state index is -0.229. The van der Waals surface area contributed by atoms with Crippen molar-refractivity contribution < 1.29 is 4.79 Å². The van der Waals surface area contributed by atoms with Crippen LogP contribution in [0.4, 0.5) is 0 Å². The molecular weight excluding hydrogens is 224 g/mol. The highest BCUT2D eigenvalue weighted by Gasteiger charge is 2.46. The standard InChI is InChI=1S/C15H28N2O/c1-12-9-15(10-12,11-16)14(18)17-8-4-7-13-5-2-3-6-13/h12-13H,2-11,16H2,1H3,(H,17,18). The van der Waals surface area contributed by atoms with Gasteiger partial charge < -0.3 is 11.1 Å². The maximum absolute atomic E-state index is 12.1. The normalized spacial score (nSPS) is 32.2. The fourth-order valence-corrected chi connectivity index (χ4v) is 3.80. The molecule has 2 saturated carbocycles. The zero-order chi connectivity index (χ0) is 13.0. The van der Waals surface area contributed by atoms with Crippen molar-refractivity contribution in [2.75, 3.05) is 13.1 Å². The molecule has 0 heterocycles. The molecule has 1 amide bonds. The minimum absolute atomic E-state index is 0.203. The van der Waals surface area contributed by atoms with Gasteiger partial charge in [-0.3, -0.25) is 4.79 Å². The smallest absolute Gasteiger partial charge is 0.227 e. The van der Waals surface area contributed by atoms with Crippen LogP contribution in [0.15, 0.2) is 0 Å². The number of carbonyl (C=O) groups excluding carboxylic acids is 1. The number of amides is 1. The molecule has 0 atom stereocenters. The highest BCUT2D eigenvalue weighted by Crippen LogP contribution is 2.44. The summed E-state index contributed by atoms with van der Waals surface area (Å²) in [6, 6.07) is 0. The first kappa shape index (κ1) is 13.9. The molecule has 18 heavy (non-hydrogen) atoms. The molecule has 3 heteroatoms. The lowest BCUT2D eigenvalue weighted by molar-refractivity contribution is -0.138. The monoisotopic (exact) mass is 252 g/mol. The molecule has 2 fully saturated rings. The number of nitrogens with two attached hydrogens (primary N) is 1. The molecule has 3 nitrogen and oxygen atoms in total. The number of hydrogen-bond acceptors (Lipinski definition) is 2. The molecule has 0 aromatic heterocycles. The van der Waals surface area contributed by atoms with E-state index in [9.17, 15) is 4.79 Å². The van der Waals surface area contributed by atoms with Crippen LogP contribution >= 0.6 is 0 Å². The van der Waals surface area contributed by atoms with Crippen molar-refractivity contribution in [3.05, 3.63) is 0 Å². The van der Waals surface area contributed by atoms with Gasteiger partial charge >= 0.3 is 0 Å². The van der Waals surface area contributed by atoms with Crippen molar-refractivity contribution in [1.82, 2.24) is 5.32 Å². The van der Waals surface area contributed by atoms with Gasteiger partial charge in [-0.05, 0) is 37.5 Å². The van der Waals surface area contributed by atoms with Crippen LogP contribution in [0.25, 0.3) is 0 Å². The molecule has 0 unspecified atom stereocenters. The molecule has 0 aromatic carbocycles. The highest BCUT2D eigenvalue weighted by atomic mass is 16.2. The van der Waals surface area contributed by atoms with Crippen LogP contribution < -0.4 is 11.1 Å². The summed E-state index contributed by atoms with van der Waals surface area (Å²) in [6.45, 7) is 3.54. The number of hydrogen-bond donors (Lipinski definition) is 2. The van der Waals surface area contributed by atoms with Gasteiger partial charge in [-0.2, -0.15) is 0 Å². The Morgan fingerprint density at radius 1 is 1.33 bits per heavy atom. The maximum atomic E-state index is 12.1. The Hall–Kier alpha value is -0.570. The Bertz CT molecular complexity index is 278. The molecule has 3 N–H and O–H groups in total. The average molecular weight is 252 g/mol. The predicted molar refractivity (Wildman–Crippen MR) is 74.1 cm³/mol. The summed E-state index contributed by atoms with van der Waals surface area (Å²) in [4.78, 5) is 12.1. The van der Waals surface area contributed by atoms with E-state index in [0.717, 1.165) is 31.7 Å². The summed E-state index contributed by atoms with van der Waals surface area (Å²) < 4.78 is 0. The SMILES string of the molecule is CC1CC(CN)(C(=O)NCCCC2CCCC2)C1. The first-order valence-electron chi connectivity index (χ1n) is 7.65. The van der Waals surface area contributed by atoms with Gasteiger partial charge in [-0.15, -0.1) is 0 Å². The lowest BCUT2D eigenvalue weighted by Gasteiger charge is -2.44. The summed E-state index contributed by atoms with van der Waals surface area (Å²) in [5.74, 6) is 1.79. The van der Waals surface area contributed by atoms with E-state index in [2.05, 4.69) is 12.2 Å². The van der Waals surface area contributed by atoms with E-state index < -0.39 is 0 Å². The summed E-state index contributed by atoms with van der Waals surface area (Å²) in [7, 11) is 0. The van der Waals surface area contributed by atoms with E-state index in [-0.39, 0.29) is 11.3 Å². The molecule has 0 bridgehead atoms. The molecule has 2 aliphatic rings. The van der Waals surface area contributed by atoms with Gasteiger partial charge in [0, 0.05) is 13.1 Å². The first-order chi connectivity index (χ1) is 8.66. The van der Waals surface area contributed by atoms with E-state index in [4.69, 9.17) is 5.73 Å². The van der Waals surface area contributed by atoms with E-state index >= 15 is 0 Å². The van der Waals surface area contributed by atoms with Crippen LogP contribution in [0.3, 0.4) is 0 Å². The van der Waals surface area contributed by atoms with Gasteiger partial charge in [0.25, 0.3) is 0 Å². The fraction of sp³-hybridized carbons (Fsp3) is 0.933. The molecule has 2 rings (SSSR count). The predicted octanol–water partition coefficient (Wildman–Crippen LogP) is 2.45. The lowest BCUT2D eigenvalue weighted by Crippen LogP contribution is -2.53. The van der Waals surface area contributed by atoms with Crippen molar-refractivity contribution in [3.63, 3.8) is 0 Å². The van der Waals surface area contributed by atoms with Gasteiger partial charge in [0.15, 0.2) is 0 Å². The Kier molecular flexibility index (Phi) is 4.66. The number of carbonyl (C=O) groups is 1. The topological polar surface area (TPSA) is 55.1 Å². The summed E-state index contributed by atoms with van der Waals surface area (Å²) >= 11 is 0. The molecule has 0 aliphatic heterocycles. The van der Waals surface area contributed by atoms with E-state index in [1.165, 1.54) is 32.1 Å². The van der Waals surface area contributed by atoms with Crippen LogP contribution in [0.1, 0.15) is 58.3 Å². The second-order valence-corrected chi connectivity index (χ2v) is 6.55. The zero-order valence-corrected chi connectivity index (χ0v) is 11.7. The molecule has 0 spiro atoms. The Balaban J connectivity index is 1.62. The van der Waals surface area contributed by atoms with E-state index in [1.54, 1.807) is 0 Å². The van der Waals surface area contributed by atoms with Gasteiger partial charge in [0.2, 0.25) is 5.91 Å². The largest absolute Gasteiger partial charge is 0.356 e. The first-order valence-corrected chi connectivity index (χ1v) is 7.65. The third-order valence-corrected chi connectivity index (χ3v) is 4.90. The molecule has 0 radical (unpaired) electrons. The van der Waals surface area contributed by atoms with Crippen LogP contribution in [0.5, 0.6) is 0 Å². The van der Waals surface area contributed by atoms with Crippen molar-refractivity contribution in [3.8, 4) is 0 Å². The van der Waals surface area contributed by atoms with Crippen LogP contribution in [-0.2, 0) is 4.79 Å². The molecule has 0 aromatic rings. The lowest BCUT2D eigenvalue weighted by atomic mass is 9.62. The zero-order valence-electron chi connectivity index (χ0n) is 11.7. The molecular formula is C15H28N2O. The van der Waals surface area contributed by atoms with E-state index in [1.807, 2.05) is 0 Å². The van der Waals surface area contributed by atoms with Crippen molar-refractivity contribution in [2.45, 2.75) is 58.3 Å². The second-order valence-electron chi connectivity index (χ2n) is 6.55. The minimum Gasteiger partial charge on any atom is -0.356 e. The average Bonchev–Trinajstić information content (AvgIpc) is 2.83. The van der Waals surface area contributed by atoms with Crippen molar-refractivity contribution in [2.24, 2.45) is 23.0 Å². The van der Waals surface area contributed by atoms with Crippen molar-refractivity contribution in [1.29, 1.82) is 0 Å².